The molecule has 1 aromatic carbocycles. The molecular formula is C16H19BrN2O2. The van der Waals surface area contributed by atoms with Crippen LogP contribution >= 0.6 is 15.9 Å². The maximum Gasteiger partial charge on any atom is 0.320 e. The fourth-order valence-electron chi connectivity index (χ4n) is 2.31. The van der Waals surface area contributed by atoms with E-state index >= 15 is 0 Å². The number of pyridine rings is 1. The number of nitrogens with zero attached hydrogens (tertiary/aromatic N) is 1. The van der Waals surface area contributed by atoms with Gasteiger partial charge in [0, 0.05) is 22.6 Å². The molecular weight excluding hydrogens is 332 g/mol. The van der Waals surface area contributed by atoms with Gasteiger partial charge >= 0.3 is 5.97 Å². The number of hydrogen-bond acceptors (Lipinski definition) is 3. The summed E-state index contributed by atoms with van der Waals surface area (Å²) in [5, 5.41) is 13.4. The van der Waals surface area contributed by atoms with Gasteiger partial charge in [0.05, 0.1) is 5.52 Å². The van der Waals surface area contributed by atoms with Crippen molar-refractivity contribution in [3.63, 3.8) is 0 Å². The smallest absolute Gasteiger partial charge is 0.320 e. The SMILES string of the molecule is CCCC[C@H](NCc1ccnc2c(Br)cccc12)C(=O)O. The van der Waals surface area contributed by atoms with Crippen molar-refractivity contribution in [2.75, 3.05) is 0 Å². The summed E-state index contributed by atoms with van der Waals surface area (Å²) in [5.41, 5.74) is 1.96. The van der Waals surface area contributed by atoms with Gasteiger partial charge in [-0.2, -0.15) is 0 Å². The average Bonchev–Trinajstić information content (AvgIpc) is 2.47. The number of para-hydroxylation sites is 1. The van der Waals surface area contributed by atoms with Gasteiger partial charge in [-0.3, -0.25) is 9.78 Å². The van der Waals surface area contributed by atoms with E-state index in [-0.39, 0.29) is 0 Å². The molecule has 0 amide bonds. The summed E-state index contributed by atoms with van der Waals surface area (Å²) in [7, 11) is 0. The van der Waals surface area contributed by atoms with E-state index in [4.69, 9.17) is 0 Å². The van der Waals surface area contributed by atoms with Crippen molar-refractivity contribution in [1.82, 2.24) is 10.3 Å². The molecule has 1 aromatic heterocycles. The van der Waals surface area contributed by atoms with E-state index < -0.39 is 12.0 Å². The monoisotopic (exact) mass is 350 g/mol. The second-order valence-corrected chi connectivity index (χ2v) is 5.87. The summed E-state index contributed by atoms with van der Waals surface area (Å²) >= 11 is 3.49. The highest BCUT2D eigenvalue weighted by Gasteiger charge is 2.16. The minimum absolute atomic E-state index is 0.500. The van der Waals surface area contributed by atoms with Gasteiger partial charge in [-0.1, -0.05) is 31.9 Å². The van der Waals surface area contributed by atoms with Gasteiger partial charge < -0.3 is 10.4 Å². The van der Waals surface area contributed by atoms with E-state index in [1.165, 1.54) is 0 Å². The molecule has 0 spiro atoms. The summed E-state index contributed by atoms with van der Waals surface area (Å²) in [6.45, 7) is 2.59. The Kier molecular flexibility index (Phi) is 5.70. The van der Waals surface area contributed by atoms with Gasteiger partial charge in [-0.15, -0.1) is 0 Å². The third-order valence-corrected chi connectivity index (χ3v) is 4.14. The quantitative estimate of drug-likeness (QED) is 0.798. The number of aromatic nitrogens is 1. The minimum Gasteiger partial charge on any atom is -0.480 e. The number of benzene rings is 1. The molecule has 0 unspecified atom stereocenters. The van der Waals surface area contributed by atoms with Crippen molar-refractivity contribution < 1.29 is 9.90 Å². The van der Waals surface area contributed by atoms with E-state index in [9.17, 15) is 9.90 Å². The molecule has 21 heavy (non-hydrogen) atoms. The zero-order valence-corrected chi connectivity index (χ0v) is 13.6. The standard InChI is InChI=1S/C16H19BrN2O2/c1-2-3-7-14(16(20)21)19-10-11-8-9-18-15-12(11)5-4-6-13(15)17/h4-6,8-9,14,19H,2-3,7,10H2,1H3,(H,20,21)/t14-/m0/s1. The van der Waals surface area contributed by atoms with Gasteiger partial charge in [0.15, 0.2) is 0 Å². The normalized spacial score (nSPS) is 12.5. The first-order valence-electron chi connectivity index (χ1n) is 7.11. The van der Waals surface area contributed by atoms with E-state index in [0.717, 1.165) is 33.8 Å². The molecule has 1 atom stereocenters. The Morgan fingerprint density at radius 3 is 2.95 bits per heavy atom. The summed E-state index contributed by atoms with van der Waals surface area (Å²) in [6.07, 6.45) is 4.31. The predicted octanol–water partition coefficient (Wildman–Crippen LogP) is 3.73. The Morgan fingerprint density at radius 1 is 1.43 bits per heavy atom. The summed E-state index contributed by atoms with van der Waals surface area (Å²) < 4.78 is 0.947. The van der Waals surface area contributed by atoms with Gasteiger partial charge in [-0.05, 0) is 40.0 Å². The molecule has 112 valence electrons. The number of unbranched alkanes of at least 4 members (excludes halogenated alkanes) is 1. The number of hydrogen-bond donors (Lipinski definition) is 2. The number of carboxylic acids is 1. The second kappa shape index (κ2) is 7.52. The molecule has 2 rings (SSSR count). The molecule has 0 bridgehead atoms. The lowest BCUT2D eigenvalue weighted by molar-refractivity contribution is -0.139. The van der Waals surface area contributed by atoms with Crippen LogP contribution in [0, 0.1) is 0 Å². The fourth-order valence-corrected chi connectivity index (χ4v) is 2.77. The number of halogens is 1. The van der Waals surface area contributed by atoms with Crippen molar-refractivity contribution >= 4 is 32.8 Å². The first-order valence-corrected chi connectivity index (χ1v) is 7.91. The van der Waals surface area contributed by atoms with Gasteiger partial charge in [0.1, 0.15) is 6.04 Å². The first kappa shape index (κ1) is 15.9. The minimum atomic E-state index is -0.789. The largest absolute Gasteiger partial charge is 0.480 e. The molecule has 0 aliphatic rings. The summed E-state index contributed by atoms with van der Waals surface area (Å²) in [4.78, 5) is 15.6. The van der Waals surface area contributed by atoms with E-state index in [1.807, 2.05) is 24.3 Å². The van der Waals surface area contributed by atoms with Gasteiger partial charge in [0.25, 0.3) is 0 Å². The fraction of sp³-hybridized carbons (Fsp3) is 0.375. The maximum absolute atomic E-state index is 11.3. The first-order chi connectivity index (χ1) is 10.1. The average molecular weight is 351 g/mol. The number of nitrogens with one attached hydrogen (secondary N) is 1. The Bertz CT molecular complexity index is 631. The molecule has 0 saturated heterocycles. The molecule has 0 radical (unpaired) electrons. The second-order valence-electron chi connectivity index (χ2n) is 5.02. The van der Waals surface area contributed by atoms with Crippen LogP contribution in [0.5, 0.6) is 0 Å². The third-order valence-electron chi connectivity index (χ3n) is 3.50. The highest BCUT2D eigenvalue weighted by molar-refractivity contribution is 9.10. The van der Waals surface area contributed by atoms with E-state index in [0.29, 0.717) is 13.0 Å². The zero-order valence-electron chi connectivity index (χ0n) is 12.0. The molecule has 1 heterocycles. The maximum atomic E-state index is 11.3. The van der Waals surface area contributed by atoms with Crippen molar-refractivity contribution in [2.45, 2.75) is 38.8 Å². The molecule has 2 N–H and O–H groups in total. The Hall–Kier alpha value is -1.46. The van der Waals surface area contributed by atoms with Crippen LogP contribution in [0.1, 0.15) is 31.7 Å². The molecule has 4 nitrogen and oxygen atoms in total. The lowest BCUT2D eigenvalue weighted by atomic mass is 10.1. The molecule has 0 aliphatic carbocycles. The van der Waals surface area contributed by atoms with Crippen molar-refractivity contribution in [2.24, 2.45) is 0 Å². The number of rotatable bonds is 7. The third kappa shape index (κ3) is 4.02. The molecule has 5 heteroatoms. The highest BCUT2D eigenvalue weighted by Crippen LogP contribution is 2.24. The van der Waals surface area contributed by atoms with Crippen LogP contribution in [0.25, 0.3) is 10.9 Å². The molecule has 0 aliphatic heterocycles. The highest BCUT2D eigenvalue weighted by atomic mass is 79.9. The summed E-state index contributed by atoms with van der Waals surface area (Å²) in [5.74, 6) is -0.789. The number of aliphatic carboxylic acids is 1. The Morgan fingerprint density at radius 2 is 2.24 bits per heavy atom. The van der Waals surface area contributed by atoms with E-state index in [1.54, 1.807) is 6.20 Å². The van der Waals surface area contributed by atoms with Crippen molar-refractivity contribution in [3.8, 4) is 0 Å². The van der Waals surface area contributed by atoms with Crippen LogP contribution in [-0.2, 0) is 11.3 Å². The number of carbonyl (C=O) groups is 1. The summed E-state index contributed by atoms with van der Waals surface area (Å²) in [6, 6.07) is 7.35. The van der Waals surface area contributed by atoms with Crippen molar-refractivity contribution in [1.29, 1.82) is 0 Å². The van der Waals surface area contributed by atoms with Crippen molar-refractivity contribution in [3.05, 3.63) is 40.5 Å². The van der Waals surface area contributed by atoms with Crippen LogP contribution in [0.2, 0.25) is 0 Å². The van der Waals surface area contributed by atoms with Crippen LogP contribution in [0.4, 0.5) is 0 Å². The van der Waals surface area contributed by atoms with Gasteiger partial charge in [-0.25, -0.2) is 0 Å². The van der Waals surface area contributed by atoms with Crippen LogP contribution in [0.3, 0.4) is 0 Å². The van der Waals surface area contributed by atoms with Crippen LogP contribution in [0.15, 0.2) is 34.9 Å². The lowest BCUT2D eigenvalue weighted by Gasteiger charge is -2.15. The van der Waals surface area contributed by atoms with Crippen LogP contribution in [-0.4, -0.2) is 22.1 Å². The van der Waals surface area contributed by atoms with E-state index in [2.05, 4.69) is 33.2 Å². The zero-order chi connectivity index (χ0) is 15.2. The van der Waals surface area contributed by atoms with Crippen LogP contribution < -0.4 is 5.32 Å². The predicted molar refractivity (Wildman–Crippen MR) is 87.2 cm³/mol. The lowest BCUT2D eigenvalue weighted by Crippen LogP contribution is -2.36. The Balaban J connectivity index is 2.16. The van der Waals surface area contributed by atoms with Gasteiger partial charge in [0.2, 0.25) is 0 Å². The number of carboxylic acid groups (broad SMARTS) is 1. The Labute approximate surface area is 132 Å². The topological polar surface area (TPSA) is 62.2 Å². The molecule has 2 aromatic rings. The number of fused-ring (bicyclic) bond motifs is 1. The molecule has 0 fully saturated rings. The molecule has 0 saturated carbocycles.